The van der Waals surface area contributed by atoms with Gasteiger partial charge in [-0.3, -0.25) is 9.69 Å². The predicted octanol–water partition coefficient (Wildman–Crippen LogP) is 0.450. The largest absolute Gasteiger partial charge is 0.381 e. The lowest BCUT2D eigenvalue weighted by Gasteiger charge is -2.36. The quantitative estimate of drug-likeness (QED) is 0.816. The molecule has 0 radical (unpaired) electrons. The number of hydrogen-bond acceptors (Lipinski definition) is 4. The topological polar surface area (TPSA) is 44.8 Å². The lowest BCUT2D eigenvalue weighted by atomic mass is 10.0. The molecule has 3 fully saturated rings. The molecule has 20 heavy (non-hydrogen) atoms. The summed E-state index contributed by atoms with van der Waals surface area (Å²) in [5.41, 5.74) is 0. The zero-order valence-electron chi connectivity index (χ0n) is 12.5. The zero-order chi connectivity index (χ0) is 13.9. The maximum absolute atomic E-state index is 12.7. The van der Waals surface area contributed by atoms with Gasteiger partial charge in [-0.15, -0.1) is 0 Å². The number of amides is 1. The Bertz CT molecular complexity index is 344. The second-order valence-corrected chi connectivity index (χ2v) is 6.30. The summed E-state index contributed by atoms with van der Waals surface area (Å²) in [5, 5.41) is 3.36. The molecule has 1 N–H and O–H groups in total. The third-order valence-electron chi connectivity index (χ3n) is 5.15. The van der Waals surface area contributed by atoms with Gasteiger partial charge in [0.05, 0.1) is 6.04 Å². The molecule has 0 spiro atoms. The van der Waals surface area contributed by atoms with Gasteiger partial charge in [-0.05, 0) is 45.7 Å². The van der Waals surface area contributed by atoms with E-state index in [4.69, 9.17) is 4.74 Å². The van der Waals surface area contributed by atoms with Crippen LogP contribution in [0.1, 0.15) is 32.1 Å². The highest BCUT2D eigenvalue weighted by Gasteiger charge is 2.40. The second-order valence-electron chi connectivity index (χ2n) is 6.30. The van der Waals surface area contributed by atoms with Gasteiger partial charge >= 0.3 is 0 Å². The van der Waals surface area contributed by atoms with Gasteiger partial charge in [0.2, 0.25) is 5.91 Å². The van der Waals surface area contributed by atoms with E-state index in [2.05, 4.69) is 15.1 Å². The molecule has 3 rings (SSSR count). The minimum atomic E-state index is 0.133. The number of hydrogen-bond donors (Lipinski definition) is 1. The number of likely N-dealkylation sites (tertiary alicyclic amines) is 2. The molecule has 3 saturated heterocycles. The van der Waals surface area contributed by atoms with Crippen LogP contribution >= 0.6 is 0 Å². The Kier molecular flexibility index (Phi) is 4.58. The van der Waals surface area contributed by atoms with Crippen molar-refractivity contribution in [3.63, 3.8) is 0 Å². The van der Waals surface area contributed by atoms with Crippen LogP contribution in [-0.4, -0.2) is 73.7 Å². The Labute approximate surface area is 121 Å². The number of likely N-dealkylation sites (N-methyl/N-ethyl adjacent to an activating group) is 1. The third-order valence-corrected chi connectivity index (χ3v) is 5.15. The first-order valence-corrected chi connectivity index (χ1v) is 8.09. The van der Waals surface area contributed by atoms with Crippen molar-refractivity contribution >= 4 is 5.91 Å². The highest BCUT2D eigenvalue weighted by atomic mass is 16.5. The molecule has 0 saturated carbocycles. The molecule has 3 aliphatic heterocycles. The summed E-state index contributed by atoms with van der Waals surface area (Å²) in [4.78, 5) is 17.3. The van der Waals surface area contributed by atoms with E-state index in [1.54, 1.807) is 0 Å². The molecular formula is C15H27N3O2. The van der Waals surface area contributed by atoms with Gasteiger partial charge in [0.25, 0.3) is 0 Å². The van der Waals surface area contributed by atoms with Crippen LogP contribution in [0.5, 0.6) is 0 Å². The van der Waals surface area contributed by atoms with Crippen molar-refractivity contribution in [2.75, 3.05) is 39.9 Å². The van der Waals surface area contributed by atoms with Crippen molar-refractivity contribution in [2.24, 2.45) is 0 Å². The Morgan fingerprint density at radius 3 is 2.70 bits per heavy atom. The molecule has 1 amide bonds. The summed E-state index contributed by atoms with van der Waals surface area (Å²) < 4.78 is 5.41. The molecule has 5 heteroatoms. The SMILES string of the molecule is CNC1CCCN(C2CCN(C3CCOCC3)C2=O)C1. The number of nitrogens with zero attached hydrogens (tertiary/aromatic N) is 2. The molecule has 5 nitrogen and oxygen atoms in total. The van der Waals surface area contributed by atoms with Crippen LogP contribution in [0.2, 0.25) is 0 Å². The lowest BCUT2D eigenvalue weighted by Crippen LogP contribution is -2.52. The fraction of sp³-hybridized carbons (Fsp3) is 0.933. The minimum absolute atomic E-state index is 0.133. The molecule has 0 aliphatic carbocycles. The number of rotatable bonds is 3. The Morgan fingerprint density at radius 2 is 1.95 bits per heavy atom. The maximum Gasteiger partial charge on any atom is 0.240 e. The average Bonchev–Trinajstić information content (AvgIpc) is 2.90. The number of nitrogens with one attached hydrogen (secondary N) is 1. The van der Waals surface area contributed by atoms with Crippen LogP contribution in [0, 0.1) is 0 Å². The van der Waals surface area contributed by atoms with E-state index < -0.39 is 0 Å². The van der Waals surface area contributed by atoms with Gasteiger partial charge in [0, 0.05) is 38.4 Å². The van der Waals surface area contributed by atoms with E-state index in [1.165, 1.54) is 12.8 Å². The summed E-state index contributed by atoms with van der Waals surface area (Å²) >= 11 is 0. The number of ether oxygens (including phenoxy) is 1. The first kappa shape index (κ1) is 14.3. The summed E-state index contributed by atoms with van der Waals surface area (Å²) in [6.07, 6.45) is 5.46. The van der Waals surface area contributed by atoms with Gasteiger partial charge < -0.3 is 15.0 Å². The standard InChI is InChI=1S/C15H27N3O2/c1-16-12-3-2-7-17(11-12)14-4-8-18(15(14)19)13-5-9-20-10-6-13/h12-14,16H,2-11H2,1H3. The smallest absolute Gasteiger partial charge is 0.240 e. The summed E-state index contributed by atoms with van der Waals surface area (Å²) in [7, 11) is 2.03. The second kappa shape index (κ2) is 6.41. The maximum atomic E-state index is 12.7. The van der Waals surface area contributed by atoms with Crippen LogP contribution in [0.15, 0.2) is 0 Å². The molecule has 0 aromatic carbocycles. The van der Waals surface area contributed by atoms with Crippen molar-refractivity contribution in [1.29, 1.82) is 0 Å². The monoisotopic (exact) mass is 281 g/mol. The molecule has 2 unspecified atom stereocenters. The van der Waals surface area contributed by atoms with Crippen molar-refractivity contribution in [1.82, 2.24) is 15.1 Å². The minimum Gasteiger partial charge on any atom is -0.381 e. The molecular weight excluding hydrogens is 254 g/mol. The highest BCUT2D eigenvalue weighted by Crippen LogP contribution is 2.26. The molecule has 0 aromatic heterocycles. The van der Waals surface area contributed by atoms with Gasteiger partial charge in [0.1, 0.15) is 0 Å². The van der Waals surface area contributed by atoms with Crippen LogP contribution in [0.25, 0.3) is 0 Å². The van der Waals surface area contributed by atoms with Crippen molar-refractivity contribution < 1.29 is 9.53 Å². The summed E-state index contributed by atoms with van der Waals surface area (Å²) in [6, 6.07) is 1.11. The number of carbonyl (C=O) groups is 1. The first-order chi connectivity index (χ1) is 9.79. The number of piperidine rings is 1. The molecule has 0 bridgehead atoms. The fourth-order valence-electron chi connectivity index (χ4n) is 3.91. The van der Waals surface area contributed by atoms with Crippen molar-refractivity contribution in [2.45, 2.75) is 50.2 Å². The van der Waals surface area contributed by atoms with Crippen molar-refractivity contribution in [3.8, 4) is 0 Å². The van der Waals surface area contributed by atoms with E-state index >= 15 is 0 Å². The van der Waals surface area contributed by atoms with Crippen molar-refractivity contribution in [3.05, 3.63) is 0 Å². The van der Waals surface area contributed by atoms with E-state index in [-0.39, 0.29) is 6.04 Å². The molecule has 2 atom stereocenters. The highest BCUT2D eigenvalue weighted by molar-refractivity contribution is 5.84. The predicted molar refractivity (Wildman–Crippen MR) is 77.6 cm³/mol. The molecule has 3 aliphatic rings. The molecule has 3 heterocycles. The van der Waals surface area contributed by atoms with E-state index in [1.807, 2.05) is 7.05 Å². The molecule has 114 valence electrons. The Hall–Kier alpha value is -0.650. The Morgan fingerprint density at radius 1 is 1.15 bits per heavy atom. The summed E-state index contributed by atoms with van der Waals surface area (Å²) in [5.74, 6) is 0.369. The summed E-state index contributed by atoms with van der Waals surface area (Å²) in [6.45, 7) is 4.66. The third kappa shape index (κ3) is 2.85. The van der Waals surface area contributed by atoms with Crippen LogP contribution in [0.4, 0.5) is 0 Å². The average molecular weight is 281 g/mol. The van der Waals surface area contributed by atoms with Gasteiger partial charge in [-0.1, -0.05) is 0 Å². The van der Waals surface area contributed by atoms with Crippen LogP contribution in [-0.2, 0) is 9.53 Å². The van der Waals surface area contributed by atoms with E-state index in [9.17, 15) is 4.79 Å². The lowest BCUT2D eigenvalue weighted by molar-refractivity contribution is -0.136. The zero-order valence-corrected chi connectivity index (χ0v) is 12.5. The van der Waals surface area contributed by atoms with Gasteiger partial charge in [0.15, 0.2) is 0 Å². The van der Waals surface area contributed by atoms with Crippen LogP contribution in [0.3, 0.4) is 0 Å². The van der Waals surface area contributed by atoms with Crippen LogP contribution < -0.4 is 5.32 Å². The van der Waals surface area contributed by atoms with E-state index in [0.29, 0.717) is 18.0 Å². The normalized spacial score (nSPS) is 33.9. The first-order valence-electron chi connectivity index (χ1n) is 8.09. The number of carbonyl (C=O) groups excluding carboxylic acids is 1. The Balaban J connectivity index is 1.60. The van der Waals surface area contributed by atoms with Gasteiger partial charge in [-0.2, -0.15) is 0 Å². The fourth-order valence-corrected chi connectivity index (χ4v) is 3.91. The van der Waals surface area contributed by atoms with Gasteiger partial charge in [-0.25, -0.2) is 0 Å². The van der Waals surface area contributed by atoms with E-state index in [0.717, 1.165) is 52.1 Å². The molecule has 0 aromatic rings.